The van der Waals surface area contributed by atoms with E-state index in [2.05, 4.69) is 27.9 Å². The molecule has 4 amide bonds. The first kappa shape index (κ1) is 25.4. The molecule has 3 aromatic carbocycles. The van der Waals surface area contributed by atoms with E-state index >= 15 is 0 Å². The van der Waals surface area contributed by atoms with Crippen LogP contribution in [0.15, 0.2) is 66.2 Å². The first-order chi connectivity index (χ1) is 17.3. The summed E-state index contributed by atoms with van der Waals surface area (Å²) in [5.41, 5.74) is 2.44. The third kappa shape index (κ3) is 5.56. The summed E-state index contributed by atoms with van der Waals surface area (Å²) in [6, 6.07) is 15.4. The van der Waals surface area contributed by atoms with Gasteiger partial charge < -0.3 is 9.47 Å². The number of rotatable bonds is 7. The maximum Gasteiger partial charge on any atom is 0.335 e. The third-order valence-electron chi connectivity index (χ3n) is 5.33. The van der Waals surface area contributed by atoms with Crippen LogP contribution in [0.4, 0.5) is 14.9 Å². The number of nitrogens with one attached hydrogen (secondary N) is 1. The lowest BCUT2D eigenvalue weighted by Crippen LogP contribution is -2.54. The fraction of sp³-hybridized carbons (Fsp3) is 0.148. The molecule has 1 aliphatic rings. The highest BCUT2D eigenvalue weighted by atomic mass is 127. The SMILES string of the molecule is CCOc1cc(/C=C2\C(=O)NC(=O)N(c3ccc(C)cc3)C2=O)cc(I)c1OCc1ccc(F)cc1. The average Bonchev–Trinajstić information content (AvgIpc) is 2.83. The molecule has 9 heteroatoms. The second-order valence-corrected chi connectivity index (χ2v) is 9.13. The van der Waals surface area contributed by atoms with Crippen LogP contribution in [-0.2, 0) is 16.2 Å². The van der Waals surface area contributed by atoms with E-state index in [1.807, 2.05) is 13.8 Å². The third-order valence-corrected chi connectivity index (χ3v) is 6.13. The molecule has 0 aromatic heterocycles. The molecule has 0 saturated carbocycles. The highest BCUT2D eigenvalue weighted by Gasteiger charge is 2.36. The van der Waals surface area contributed by atoms with Crippen molar-refractivity contribution >= 4 is 52.2 Å². The highest BCUT2D eigenvalue weighted by molar-refractivity contribution is 14.1. The van der Waals surface area contributed by atoms with E-state index in [-0.39, 0.29) is 18.0 Å². The molecule has 0 spiro atoms. The molecule has 1 N–H and O–H groups in total. The number of anilines is 1. The van der Waals surface area contributed by atoms with Gasteiger partial charge in [-0.25, -0.2) is 14.1 Å². The Balaban J connectivity index is 1.65. The summed E-state index contributed by atoms with van der Waals surface area (Å²) >= 11 is 2.08. The van der Waals surface area contributed by atoms with Crippen molar-refractivity contribution in [3.05, 3.63) is 92.3 Å². The molecule has 4 rings (SSSR count). The first-order valence-corrected chi connectivity index (χ1v) is 12.2. The summed E-state index contributed by atoms with van der Waals surface area (Å²) < 4.78 is 25.6. The van der Waals surface area contributed by atoms with Crippen LogP contribution in [0, 0.1) is 16.3 Å². The van der Waals surface area contributed by atoms with Crippen molar-refractivity contribution in [2.45, 2.75) is 20.5 Å². The van der Waals surface area contributed by atoms with Gasteiger partial charge in [0.25, 0.3) is 11.8 Å². The van der Waals surface area contributed by atoms with Crippen LogP contribution in [-0.4, -0.2) is 24.5 Å². The Kier molecular flexibility index (Phi) is 7.68. The van der Waals surface area contributed by atoms with Crippen molar-refractivity contribution in [1.82, 2.24) is 5.32 Å². The molecule has 1 fully saturated rings. The van der Waals surface area contributed by atoms with Gasteiger partial charge in [-0.3, -0.25) is 14.9 Å². The number of urea groups is 1. The number of aryl methyl sites for hydroxylation is 1. The van der Waals surface area contributed by atoms with E-state index in [0.29, 0.717) is 32.9 Å². The van der Waals surface area contributed by atoms with Crippen molar-refractivity contribution in [2.75, 3.05) is 11.5 Å². The molecule has 0 atom stereocenters. The molecule has 7 nitrogen and oxygen atoms in total. The molecule has 36 heavy (non-hydrogen) atoms. The molecule has 3 aromatic rings. The number of hydrogen-bond donors (Lipinski definition) is 1. The number of nitrogens with zero attached hydrogens (tertiary/aromatic N) is 1. The summed E-state index contributed by atoms with van der Waals surface area (Å²) in [5, 5.41) is 2.23. The molecular weight excluding hydrogens is 578 g/mol. The van der Waals surface area contributed by atoms with Crippen molar-refractivity contribution < 1.29 is 28.2 Å². The molecule has 1 saturated heterocycles. The van der Waals surface area contributed by atoms with E-state index < -0.39 is 17.8 Å². The summed E-state index contributed by atoms with van der Waals surface area (Å²) in [4.78, 5) is 39.1. The number of barbiturate groups is 1. The predicted molar refractivity (Wildman–Crippen MR) is 141 cm³/mol. The Morgan fingerprint density at radius 1 is 1.00 bits per heavy atom. The second kappa shape index (κ2) is 10.9. The molecule has 0 bridgehead atoms. The fourth-order valence-electron chi connectivity index (χ4n) is 3.56. The zero-order valence-electron chi connectivity index (χ0n) is 19.5. The lowest BCUT2D eigenvalue weighted by molar-refractivity contribution is -0.122. The van der Waals surface area contributed by atoms with Gasteiger partial charge in [0.1, 0.15) is 18.0 Å². The molecule has 0 aliphatic carbocycles. The molecule has 1 aliphatic heterocycles. The Morgan fingerprint density at radius 3 is 2.36 bits per heavy atom. The van der Waals surface area contributed by atoms with Gasteiger partial charge >= 0.3 is 6.03 Å². The first-order valence-electron chi connectivity index (χ1n) is 11.1. The molecule has 0 radical (unpaired) electrons. The number of ether oxygens (including phenoxy) is 2. The van der Waals surface area contributed by atoms with Crippen LogP contribution in [0.25, 0.3) is 6.08 Å². The quantitative estimate of drug-likeness (QED) is 0.224. The summed E-state index contributed by atoms with van der Waals surface area (Å²) in [6.45, 7) is 4.27. The molecule has 1 heterocycles. The van der Waals surface area contributed by atoms with Gasteiger partial charge in [0.15, 0.2) is 11.5 Å². The minimum absolute atomic E-state index is 0.187. The smallest absolute Gasteiger partial charge is 0.335 e. The van der Waals surface area contributed by atoms with Crippen LogP contribution in [0.1, 0.15) is 23.6 Å². The van der Waals surface area contributed by atoms with Gasteiger partial charge in [0, 0.05) is 0 Å². The van der Waals surface area contributed by atoms with Gasteiger partial charge in [-0.2, -0.15) is 0 Å². The summed E-state index contributed by atoms with van der Waals surface area (Å²) in [6.07, 6.45) is 1.42. The van der Waals surface area contributed by atoms with Crippen molar-refractivity contribution in [3.8, 4) is 11.5 Å². The fourth-order valence-corrected chi connectivity index (χ4v) is 4.34. The summed E-state index contributed by atoms with van der Waals surface area (Å²) in [5.74, 6) is -0.923. The Morgan fingerprint density at radius 2 is 1.69 bits per heavy atom. The van der Waals surface area contributed by atoms with Gasteiger partial charge in [-0.15, -0.1) is 0 Å². The topological polar surface area (TPSA) is 84.9 Å². The maximum atomic E-state index is 13.2. The van der Waals surface area contributed by atoms with Crippen molar-refractivity contribution in [2.24, 2.45) is 0 Å². The van der Waals surface area contributed by atoms with Crippen LogP contribution in [0.2, 0.25) is 0 Å². The largest absolute Gasteiger partial charge is 0.490 e. The van der Waals surface area contributed by atoms with Gasteiger partial charge in [-0.05, 0) is 90.0 Å². The number of carbonyl (C=O) groups is 3. The number of carbonyl (C=O) groups excluding carboxylic acids is 3. The molecule has 184 valence electrons. The Labute approximate surface area is 221 Å². The summed E-state index contributed by atoms with van der Waals surface area (Å²) in [7, 11) is 0. The van der Waals surface area contributed by atoms with E-state index in [1.165, 1.54) is 18.2 Å². The monoisotopic (exact) mass is 600 g/mol. The van der Waals surface area contributed by atoms with Crippen molar-refractivity contribution in [1.29, 1.82) is 0 Å². The standard InChI is InChI=1S/C27H22FIN2O5/c1-3-35-23-14-18(13-22(29)24(23)36-15-17-6-8-19(28)9-7-17)12-21-25(32)30-27(34)31(26(21)33)20-10-4-16(2)5-11-20/h4-14H,3,15H2,1-2H3,(H,30,32,34)/b21-12+. The second-order valence-electron chi connectivity index (χ2n) is 7.97. The maximum absolute atomic E-state index is 13.2. The zero-order valence-corrected chi connectivity index (χ0v) is 21.7. The van der Waals surface area contributed by atoms with Crippen LogP contribution >= 0.6 is 22.6 Å². The van der Waals surface area contributed by atoms with E-state index in [0.717, 1.165) is 16.0 Å². The Bertz CT molecular complexity index is 1350. The normalized spacial score (nSPS) is 14.7. The van der Waals surface area contributed by atoms with E-state index in [4.69, 9.17) is 9.47 Å². The van der Waals surface area contributed by atoms with Gasteiger partial charge in [0.2, 0.25) is 0 Å². The molecular formula is C27H22FIN2O5. The number of halogens is 2. The van der Waals surface area contributed by atoms with Crippen LogP contribution < -0.4 is 19.7 Å². The number of imide groups is 2. The highest BCUT2D eigenvalue weighted by Crippen LogP contribution is 2.36. The van der Waals surface area contributed by atoms with Gasteiger partial charge in [-0.1, -0.05) is 29.8 Å². The van der Waals surface area contributed by atoms with Crippen molar-refractivity contribution in [3.63, 3.8) is 0 Å². The molecule has 0 unspecified atom stereocenters. The van der Waals surface area contributed by atoms with E-state index in [1.54, 1.807) is 48.5 Å². The van der Waals surface area contributed by atoms with E-state index in [9.17, 15) is 18.8 Å². The van der Waals surface area contributed by atoms with Crippen LogP contribution in [0.3, 0.4) is 0 Å². The average molecular weight is 600 g/mol. The number of amides is 4. The minimum Gasteiger partial charge on any atom is -0.490 e. The lowest BCUT2D eigenvalue weighted by Gasteiger charge is -2.26. The minimum atomic E-state index is -0.805. The number of hydrogen-bond acceptors (Lipinski definition) is 5. The zero-order chi connectivity index (χ0) is 25.8. The Hall–Kier alpha value is -3.73. The van der Waals surface area contributed by atoms with Crippen LogP contribution in [0.5, 0.6) is 11.5 Å². The lowest BCUT2D eigenvalue weighted by atomic mass is 10.1. The predicted octanol–water partition coefficient (Wildman–Crippen LogP) is 5.38. The van der Waals surface area contributed by atoms with Gasteiger partial charge in [0.05, 0.1) is 15.9 Å². The number of benzene rings is 3.